The molecular formula is C9H10N2S. The number of hydrogen-bond acceptors (Lipinski definition) is 3. The molecular weight excluding hydrogens is 168 g/mol. The third-order valence-electron chi connectivity index (χ3n) is 1.76. The summed E-state index contributed by atoms with van der Waals surface area (Å²) in [5, 5.41) is 4.09. The Kier molecular flexibility index (Phi) is 1.81. The number of aliphatic imine (C=N–C) groups is 2. The molecule has 0 radical (unpaired) electrons. The van der Waals surface area contributed by atoms with Crippen LogP contribution in [0.1, 0.15) is 20.3 Å². The van der Waals surface area contributed by atoms with Gasteiger partial charge in [-0.05, 0) is 13.8 Å². The van der Waals surface area contributed by atoms with Crippen molar-refractivity contribution in [1.29, 1.82) is 0 Å². The lowest BCUT2D eigenvalue weighted by Crippen LogP contribution is -1.97. The van der Waals surface area contributed by atoms with Crippen LogP contribution in [0.4, 0.5) is 11.4 Å². The molecule has 0 aliphatic carbocycles. The maximum Gasteiger partial charge on any atom is 0.0992 e. The summed E-state index contributed by atoms with van der Waals surface area (Å²) >= 11 is 1.65. The number of fused-ring (bicyclic) bond motifs is 1. The molecule has 2 nitrogen and oxygen atoms in total. The number of rotatable bonds is 0. The second-order valence-electron chi connectivity index (χ2n) is 3.01. The number of hydrogen-bond donors (Lipinski definition) is 0. The molecule has 2 rings (SSSR count). The fraction of sp³-hybridized carbons (Fsp3) is 0.333. The van der Waals surface area contributed by atoms with Crippen molar-refractivity contribution in [2.75, 3.05) is 0 Å². The first kappa shape index (κ1) is 7.68. The van der Waals surface area contributed by atoms with Gasteiger partial charge >= 0.3 is 0 Å². The van der Waals surface area contributed by atoms with Crippen LogP contribution in [0, 0.1) is 0 Å². The van der Waals surface area contributed by atoms with E-state index in [9.17, 15) is 0 Å². The molecule has 0 saturated carbocycles. The largest absolute Gasteiger partial charge is 0.255 e. The Hall–Kier alpha value is -0.960. The van der Waals surface area contributed by atoms with Gasteiger partial charge in [0.15, 0.2) is 0 Å². The number of nitrogens with zero attached hydrogens (tertiary/aromatic N) is 2. The quantitative estimate of drug-likeness (QED) is 0.582. The van der Waals surface area contributed by atoms with Crippen molar-refractivity contribution in [1.82, 2.24) is 0 Å². The van der Waals surface area contributed by atoms with Crippen LogP contribution in [0.3, 0.4) is 0 Å². The smallest absolute Gasteiger partial charge is 0.0992 e. The predicted molar refractivity (Wildman–Crippen MR) is 54.5 cm³/mol. The molecule has 2 heterocycles. The topological polar surface area (TPSA) is 24.7 Å². The molecule has 0 bridgehead atoms. The molecule has 0 aromatic carbocycles. The van der Waals surface area contributed by atoms with Gasteiger partial charge in [-0.25, -0.2) is 0 Å². The standard InChI is InChI=1S/C9H10N2S/c1-6-3-7(2)11-9-5-12-4-8(9)10-6/h4-5H,3H2,1-2H3. The summed E-state index contributed by atoms with van der Waals surface area (Å²) in [5.74, 6) is 0. The van der Waals surface area contributed by atoms with Gasteiger partial charge in [0.2, 0.25) is 0 Å². The minimum atomic E-state index is 0.902. The van der Waals surface area contributed by atoms with Gasteiger partial charge in [0.05, 0.1) is 11.4 Å². The molecule has 3 heteroatoms. The normalized spacial score (nSPS) is 16.2. The van der Waals surface area contributed by atoms with Crippen molar-refractivity contribution >= 4 is 34.1 Å². The van der Waals surface area contributed by atoms with E-state index in [1.165, 1.54) is 0 Å². The van der Waals surface area contributed by atoms with Crippen molar-refractivity contribution < 1.29 is 0 Å². The SMILES string of the molecule is CC1=Nc2cscc2N=C(C)C1. The van der Waals surface area contributed by atoms with Gasteiger partial charge in [-0.1, -0.05) is 0 Å². The van der Waals surface area contributed by atoms with Crippen LogP contribution in [0.15, 0.2) is 20.7 Å². The van der Waals surface area contributed by atoms with Gasteiger partial charge in [0.25, 0.3) is 0 Å². The summed E-state index contributed by atoms with van der Waals surface area (Å²) in [6, 6.07) is 0. The van der Waals surface area contributed by atoms with Crippen LogP contribution >= 0.6 is 11.3 Å². The average Bonchev–Trinajstić information content (AvgIpc) is 2.31. The highest BCUT2D eigenvalue weighted by Gasteiger charge is 2.07. The van der Waals surface area contributed by atoms with Gasteiger partial charge in [0.1, 0.15) is 0 Å². The Balaban J connectivity index is 2.56. The fourth-order valence-corrected chi connectivity index (χ4v) is 1.98. The predicted octanol–water partition coefficient (Wildman–Crippen LogP) is 3.34. The van der Waals surface area contributed by atoms with Crippen LogP contribution in [-0.4, -0.2) is 11.4 Å². The first-order chi connectivity index (χ1) is 5.75. The van der Waals surface area contributed by atoms with E-state index in [1.54, 1.807) is 11.3 Å². The van der Waals surface area contributed by atoms with Crippen molar-refractivity contribution in [3.8, 4) is 0 Å². The van der Waals surface area contributed by atoms with Gasteiger partial charge < -0.3 is 0 Å². The van der Waals surface area contributed by atoms with Gasteiger partial charge in [-0.3, -0.25) is 9.98 Å². The third-order valence-corrected chi connectivity index (χ3v) is 2.47. The van der Waals surface area contributed by atoms with E-state index < -0.39 is 0 Å². The highest BCUT2D eigenvalue weighted by atomic mass is 32.1. The maximum atomic E-state index is 4.46. The summed E-state index contributed by atoms with van der Waals surface area (Å²) in [6.07, 6.45) is 0.902. The zero-order valence-corrected chi connectivity index (χ0v) is 7.98. The molecule has 0 saturated heterocycles. The Morgan fingerprint density at radius 2 is 1.58 bits per heavy atom. The van der Waals surface area contributed by atoms with Crippen LogP contribution in [0.25, 0.3) is 0 Å². The molecule has 1 aliphatic heterocycles. The molecule has 0 unspecified atom stereocenters. The van der Waals surface area contributed by atoms with E-state index in [2.05, 4.69) is 9.98 Å². The van der Waals surface area contributed by atoms with E-state index >= 15 is 0 Å². The molecule has 0 fully saturated rings. The van der Waals surface area contributed by atoms with Crippen LogP contribution in [0.2, 0.25) is 0 Å². The minimum absolute atomic E-state index is 0.902. The fourth-order valence-electron chi connectivity index (χ4n) is 1.31. The third kappa shape index (κ3) is 1.32. The minimum Gasteiger partial charge on any atom is -0.255 e. The molecule has 1 aromatic heterocycles. The van der Waals surface area contributed by atoms with E-state index in [0.29, 0.717) is 0 Å². The Morgan fingerprint density at radius 1 is 1.08 bits per heavy atom. The van der Waals surface area contributed by atoms with Gasteiger partial charge in [-0.15, -0.1) is 11.3 Å². The Bertz CT molecular complexity index is 328. The second kappa shape index (κ2) is 2.83. The van der Waals surface area contributed by atoms with Gasteiger partial charge in [0, 0.05) is 28.6 Å². The van der Waals surface area contributed by atoms with E-state index in [4.69, 9.17) is 0 Å². The van der Waals surface area contributed by atoms with E-state index in [1.807, 2.05) is 24.6 Å². The molecule has 1 aliphatic rings. The molecule has 0 atom stereocenters. The lowest BCUT2D eigenvalue weighted by atomic mass is 10.2. The van der Waals surface area contributed by atoms with Crippen molar-refractivity contribution in [3.63, 3.8) is 0 Å². The lowest BCUT2D eigenvalue weighted by molar-refractivity contribution is 1.44. The number of thiophene rings is 1. The maximum absolute atomic E-state index is 4.46. The highest BCUT2D eigenvalue weighted by Crippen LogP contribution is 2.34. The summed E-state index contributed by atoms with van der Waals surface area (Å²) in [6.45, 7) is 4.09. The molecule has 1 aromatic rings. The highest BCUT2D eigenvalue weighted by molar-refractivity contribution is 7.08. The van der Waals surface area contributed by atoms with Crippen LogP contribution in [0.5, 0.6) is 0 Å². The molecule has 12 heavy (non-hydrogen) atoms. The summed E-state index contributed by atoms with van der Waals surface area (Å²) in [4.78, 5) is 8.92. The second-order valence-corrected chi connectivity index (χ2v) is 3.76. The lowest BCUT2D eigenvalue weighted by Gasteiger charge is -1.93. The Morgan fingerprint density at radius 3 is 2.08 bits per heavy atom. The van der Waals surface area contributed by atoms with E-state index in [-0.39, 0.29) is 0 Å². The van der Waals surface area contributed by atoms with Gasteiger partial charge in [-0.2, -0.15) is 0 Å². The first-order valence-electron chi connectivity index (χ1n) is 3.90. The van der Waals surface area contributed by atoms with E-state index in [0.717, 1.165) is 29.2 Å². The van der Waals surface area contributed by atoms with Crippen molar-refractivity contribution in [3.05, 3.63) is 10.8 Å². The summed E-state index contributed by atoms with van der Waals surface area (Å²) in [7, 11) is 0. The van der Waals surface area contributed by atoms with Crippen molar-refractivity contribution in [2.24, 2.45) is 9.98 Å². The zero-order valence-electron chi connectivity index (χ0n) is 7.16. The first-order valence-corrected chi connectivity index (χ1v) is 4.84. The average molecular weight is 178 g/mol. The monoisotopic (exact) mass is 178 g/mol. The molecule has 0 amide bonds. The van der Waals surface area contributed by atoms with Crippen LogP contribution in [-0.2, 0) is 0 Å². The summed E-state index contributed by atoms with van der Waals surface area (Å²) < 4.78 is 0. The van der Waals surface area contributed by atoms with Crippen LogP contribution < -0.4 is 0 Å². The zero-order chi connectivity index (χ0) is 8.55. The van der Waals surface area contributed by atoms with Crippen molar-refractivity contribution in [2.45, 2.75) is 20.3 Å². The Labute approximate surface area is 75.7 Å². The molecule has 0 spiro atoms. The molecule has 0 N–H and O–H groups in total. The summed E-state index contributed by atoms with van der Waals surface area (Å²) in [5.41, 5.74) is 4.34. The molecule has 62 valence electrons.